The molecule has 0 aliphatic rings. The van der Waals surface area contributed by atoms with Crippen LogP contribution in [-0.4, -0.2) is 18.7 Å². The summed E-state index contributed by atoms with van der Waals surface area (Å²) in [5, 5.41) is 0. The van der Waals surface area contributed by atoms with Gasteiger partial charge in [0.05, 0.1) is 6.10 Å². The Labute approximate surface area is 90.0 Å². The van der Waals surface area contributed by atoms with E-state index in [0.717, 1.165) is 5.56 Å². The molecule has 15 heavy (non-hydrogen) atoms. The first kappa shape index (κ1) is 11.7. The molecule has 0 spiro atoms. The number of benzene rings is 1. The van der Waals surface area contributed by atoms with E-state index in [2.05, 4.69) is 0 Å². The zero-order chi connectivity index (χ0) is 11.1. The molecule has 0 aromatic heterocycles. The second-order valence-electron chi connectivity index (χ2n) is 3.51. The van der Waals surface area contributed by atoms with Crippen LogP contribution in [-0.2, 0) is 20.9 Å². The molecule has 3 nitrogen and oxygen atoms in total. The molecule has 0 aliphatic heterocycles. The molecule has 0 heterocycles. The molecule has 82 valence electrons. The normalized spacial score (nSPS) is 10.3. The summed E-state index contributed by atoms with van der Waals surface area (Å²) >= 11 is 0. The van der Waals surface area contributed by atoms with E-state index in [1.54, 1.807) is 0 Å². The predicted octanol–water partition coefficient (Wildman–Crippen LogP) is 2.15. The van der Waals surface area contributed by atoms with Crippen molar-refractivity contribution >= 4 is 5.97 Å². The van der Waals surface area contributed by atoms with Gasteiger partial charge in [0.15, 0.2) is 0 Å². The van der Waals surface area contributed by atoms with Gasteiger partial charge < -0.3 is 9.47 Å². The molecular weight excluding hydrogens is 192 g/mol. The minimum atomic E-state index is -0.326. The predicted molar refractivity (Wildman–Crippen MR) is 57.3 cm³/mol. The highest BCUT2D eigenvalue weighted by atomic mass is 16.6. The van der Waals surface area contributed by atoms with E-state index >= 15 is 0 Å². The molecule has 0 unspecified atom stereocenters. The molecular formula is C12H16O3. The number of esters is 1. The average Bonchev–Trinajstić information content (AvgIpc) is 2.25. The zero-order valence-corrected chi connectivity index (χ0v) is 9.10. The van der Waals surface area contributed by atoms with Gasteiger partial charge in [-0.3, -0.25) is 0 Å². The van der Waals surface area contributed by atoms with Crippen LogP contribution in [0.2, 0.25) is 0 Å². The van der Waals surface area contributed by atoms with Crippen molar-refractivity contribution < 1.29 is 14.3 Å². The fourth-order valence-electron chi connectivity index (χ4n) is 1.01. The van der Waals surface area contributed by atoms with Crippen LogP contribution in [0, 0.1) is 0 Å². The van der Waals surface area contributed by atoms with Gasteiger partial charge in [-0.15, -0.1) is 0 Å². The molecule has 1 aromatic carbocycles. The van der Waals surface area contributed by atoms with Crippen LogP contribution < -0.4 is 0 Å². The van der Waals surface area contributed by atoms with Gasteiger partial charge in [-0.2, -0.15) is 0 Å². The van der Waals surface area contributed by atoms with Crippen LogP contribution in [0.15, 0.2) is 30.3 Å². The fraction of sp³-hybridized carbons (Fsp3) is 0.417. The standard InChI is InChI=1S/C12H16O3/c1-10(2)14-9-12(13)15-8-11-6-4-3-5-7-11/h3-7,10H,8-9H2,1-2H3. The van der Waals surface area contributed by atoms with Gasteiger partial charge in [-0.25, -0.2) is 4.79 Å². The third-order valence-corrected chi connectivity index (χ3v) is 1.78. The molecule has 0 saturated heterocycles. The summed E-state index contributed by atoms with van der Waals surface area (Å²) in [5.74, 6) is -0.326. The molecule has 0 amide bonds. The number of carbonyl (C=O) groups excluding carboxylic acids is 1. The van der Waals surface area contributed by atoms with Crippen molar-refractivity contribution in [3.05, 3.63) is 35.9 Å². The van der Waals surface area contributed by atoms with E-state index in [1.807, 2.05) is 44.2 Å². The van der Waals surface area contributed by atoms with Gasteiger partial charge in [0.1, 0.15) is 13.2 Å². The number of hydrogen-bond acceptors (Lipinski definition) is 3. The SMILES string of the molecule is CC(C)OCC(=O)OCc1ccccc1. The maximum absolute atomic E-state index is 11.2. The van der Waals surface area contributed by atoms with Crippen LogP contribution in [0.25, 0.3) is 0 Å². The minimum absolute atomic E-state index is 0.0184. The Hall–Kier alpha value is -1.35. The van der Waals surface area contributed by atoms with E-state index in [4.69, 9.17) is 9.47 Å². The summed E-state index contributed by atoms with van der Waals surface area (Å²) < 4.78 is 10.1. The van der Waals surface area contributed by atoms with Crippen LogP contribution in [0.1, 0.15) is 19.4 Å². The lowest BCUT2D eigenvalue weighted by Gasteiger charge is -2.07. The van der Waals surface area contributed by atoms with Gasteiger partial charge in [0.2, 0.25) is 0 Å². The monoisotopic (exact) mass is 208 g/mol. The summed E-state index contributed by atoms with van der Waals surface area (Å²) in [4.78, 5) is 11.2. The Balaban J connectivity index is 2.23. The van der Waals surface area contributed by atoms with E-state index in [9.17, 15) is 4.79 Å². The van der Waals surface area contributed by atoms with Crippen molar-refractivity contribution in [2.45, 2.75) is 26.6 Å². The van der Waals surface area contributed by atoms with E-state index in [1.165, 1.54) is 0 Å². The van der Waals surface area contributed by atoms with Crippen LogP contribution in [0.3, 0.4) is 0 Å². The lowest BCUT2D eigenvalue weighted by Crippen LogP contribution is -2.15. The zero-order valence-electron chi connectivity index (χ0n) is 9.10. The smallest absolute Gasteiger partial charge is 0.332 e. The first-order chi connectivity index (χ1) is 7.18. The Morgan fingerprint density at radius 2 is 1.93 bits per heavy atom. The lowest BCUT2D eigenvalue weighted by atomic mass is 10.2. The van der Waals surface area contributed by atoms with Crippen LogP contribution >= 0.6 is 0 Å². The average molecular weight is 208 g/mol. The highest BCUT2D eigenvalue weighted by Gasteiger charge is 2.04. The maximum Gasteiger partial charge on any atom is 0.332 e. The Kier molecular flexibility index (Phi) is 4.84. The number of rotatable bonds is 5. The Bertz CT molecular complexity index is 293. The summed E-state index contributed by atoms with van der Waals surface area (Å²) in [6, 6.07) is 9.57. The van der Waals surface area contributed by atoms with E-state index in [0.29, 0.717) is 6.61 Å². The van der Waals surface area contributed by atoms with Gasteiger partial charge in [0, 0.05) is 0 Å². The second kappa shape index (κ2) is 6.19. The molecule has 3 heteroatoms. The van der Waals surface area contributed by atoms with Gasteiger partial charge in [-0.05, 0) is 19.4 Å². The quantitative estimate of drug-likeness (QED) is 0.695. The van der Waals surface area contributed by atoms with Crippen LogP contribution in [0.4, 0.5) is 0 Å². The van der Waals surface area contributed by atoms with Crippen LogP contribution in [0.5, 0.6) is 0 Å². The van der Waals surface area contributed by atoms with Gasteiger partial charge in [-0.1, -0.05) is 30.3 Å². The van der Waals surface area contributed by atoms with Crippen molar-refractivity contribution in [2.75, 3.05) is 6.61 Å². The van der Waals surface area contributed by atoms with Gasteiger partial charge >= 0.3 is 5.97 Å². The summed E-state index contributed by atoms with van der Waals surface area (Å²) in [7, 11) is 0. The Morgan fingerprint density at radius 1 is 1.27 bits per heavy atom. The number of hydrogen-bond donors (Lipinski definition) is 0. The number of carbonyl (C=O) groups is 1. The topological polar surface area (TPSA) is 35.5 Å². The minimum Gasteiger partial charge on any atom is -0.459 e. The molecule has 0 aliphatic carbocycles. The van der Waals surface area contributed by atoms with Crippen molar-refractivity contribution in [1.29, 1.82) is 0 Å². The Morgan fingerprint density at radius 3 is 2.53 bits per heavy atom. The van der Waals surface area contributed by atoms with Gasteiger partial charge in [0.25, 0.3) is 0 Å². The summed E-state index contributed by atoms with van der Waals surface area (Å²) in [5.41, 5.74) is 0.982. The largest absolute Gasteiger partial charge is 0.459 e. The first-order valence-corrected chi connectivity index (χ1v) is 4.99. The summed E-state index contributed by atoms with van der Waals surface area (Å²) in [6.45, 7) is 4.08. The molecule has 0 N–H and O–H groups in total. The molecule has 0 radical (unpaired) electrons. The molecule has 0 fully saturated rings. The van der Waals surface area contributed by atoms with E-state index in [-0.39, 0.29) is 18.7 Å². The molecule has 0 bridgehead atoms. The fourth-order valence-corrected chi connectivity index (χ4v) is 1.01. The molecule has 0 saturated carbocycles. The molecule has 1 aromatic rings. The first-order valence-electron chi connectivity index (χ1n) is 4.99. The summed E-state index contributed by atoms with van der Waals surface area (Å²) in [6.07, 6.45) is 0.0503. The van der Waals surface area contributed by atoms with Crippen molar-refractivity contribution in [1.82, 2.24) is 0 Å². The third-order valence-electron chi connectivity index (χ3n) is 1.78. The second-order valence-corrected chi connectivity index (χ2v) is 3.51. The maximum atomic E-state index is 11.2. The molecule has 1 rings (SSSR count). The highest BCUT2D eigenvalue weighted by molar-refractivity contribution is 5.70. The number of ether oxygens (including phenoxy) is 2. The van der Waals surface area contributed by atoms with Crippen molar-refractivity contribution in [3.8, 4) is 0 Å². The highest BCUT2D eigenvalue weighted by Crippen LogP contribution is 2.00. The molecule has 0 atom stereocenters. The van der Waals surface area contributed by atoms with Crippen molar-refractivity contribution in [2.24, 2.45) is 0 Å². The van der Waals surface area contributed by atoms with E-state index < -0.39 is 0 Å². The third kappa shape index (κ3) is 5.18. The van der Waals surface area contributed by atoms with Crippen molar-refractivity contribution in [3.63, 3.8) is 0 Å². The lowest BCUT2D eigenvalue weighted by molar-refractivity contribution is -0.151.